The van der Waals surface area contributed by atoms with Gasteiger partial charge in [0.15, 0.2) is 0 Å². The average molecular weight is 935 g/mol. The van der Waals surface area contributed by atoms with Crippen molar-refractivity contribution in [3.8, 4) is 0 Å². The van der Waals surface area contributed by atoms with Crippen LogP contribution in [-0.2, 0) is 10.8 Å². The Labute approximate surface area is 423 Å². The highest BCUT2D eigenvalue weighted by Crippen LogP contribution is 2.52. The molecule has 0 N–H and O–H groups in total. The van der Waals surface area contributed by atoms with Gasteiger partial charge in [0.2, 0.25) is 0 Å². The largest absolute Gasteiger partial charge is 0.310 e. The minimum absolute atomic E-state index is 0.0256. The lowest BCUT2D eigenvalue weighted by atomic mass is 9.86. The first kappa shape index (κ1) is 44.1. The molecule has 4 aromatic heterocycles. The Kier molecular flexibility index (Phi) is 9.41. The molecule has 0 bridgehead atoms. The molecule has 4 nitrogen and oxygen atoms in total. The number of hydrogen-bond acceptors (Lipinski definition) is 2. The van der Waals surface area contributed by atoms with Crippen LogP contribution in [0.15, 0.2) is 158 Å². The molecule has 0 saturated heterocycles. The van der Waals surface area contributed by atoms with E-state index in [2.05, 4.69) is 259 Å². The summed E-state index contributed by atoms with van der Waals surface area (Å²) in [6.45, 7) is 27.2. The first-order valence-electron chi connectivity index (χ1n) is 25.7. The van der Waals surface area contributed by atoms with Crippen LogP contribution >= 0.6 is 0 Å². The predicted molar refractivity (Wildman–Crippen MR) is 311 cm³/mol. The highest BCUT2D eigenvalue weighted by molar-refractivity contribution is 6.32. The minimum Gasteiger partial charge on any atom is -0.310 e. The van der Waals surface area contributed by atoms with E-state index in [9.17, 15) is 0 Å². The van der Waals surface area contributed by atoms with Crippen molar-refractivity contribution in [3.05, 3.63) is 202 Å². The number of fused-ring (bicyclic) bond motifs is 12. The van der Waals surface area contributed by atoms with E-state index >= 15 is 0 Å². The van der Waals surface area contributed by atoms with Crippen molar-refractivity contribution in [1.82, 2.24) is 8.80 Å². The van der Waals surface area contributed by atoms with Crippen molar-refractivity contribution in [2.24, 2.45) is 0 Å². The normalized spacial score (nSPS) is 12.7. The Morgan fingerprint density at radius 2 is 0.653 bits per heavy atom. The van der Waals surface area contributed by atoms with Gasteiger partial charge in [-0.25, -0.2) is 0 Å². The van der Waals surface area contributed by atoms with E-state index in [0.29, 0.717) is 0 Å². The third-order valence-electron chi connectivity index (χ3n) is 15.7. The summed E-state index contributed by atoms with van der Waals surface area (Å²) in [5.41, 5.74) is 24.6. The molecule has 0 aliphatic heterocycles. The van der Waals surface area contributed by atoms with Crippen LogP contribution in [0.3, 0.4) is 0 Å². The molecule has 72 heavy (non-hydrogen) atoms. The maximum atomic E-state index is 2.59. The van der Waals surface area contributed by atoms with Gasteiger partial charge in [-0.15, -0.1) is 0 Å². The van der Waals surface area contributed by atoms with E-state index in [0.717, 1.165) is 11.4 Å². The summed E-state index contributed by atoms with van der Waals surface area (Å²) in [6, 6.07) is 61.1. The van der Waals surface area contributed by atoms with Crippen molar-refractivity contribution in [3.63, 3.8) is 0 Å². The van der Waals surface area contributed by atoms with Gasteiger partial charge in [0.25, 0.3) is 0 Å². The summed E-state index contributed by atoms with van der Waals surface area (Å²) in [5.74, 6) is 0. The molecule has 9 aromatic carbocycles. The molecule has 0 amide bonds. The molecule has 354 valence electrons. The van der Waals surface area contributed by atoms with Crippen molar-refractivity contribution in [2.45, 2.75) is 93.9 Å². The Balaban J connectivity index is 1.16. The highest BCUT2D eigenvalue weighted by Gasteiger charge is 2.30. The summed E-state index contributed by atoms with van der Waals surface area (Å²) in [5, 5.41) is 10.2. The second kappa shape index (κ2) is 15.3. The third-order valence-corrected chi connectivity index (χ3v) is 15.7. The standard InChI is InChI=1S/C68H62N4/c1-39-13-19-47(20-14-39)69(49-31-41(3)29-42(4)32-49)59-27-23-51-53-37-62-54(38-61(53)71-57-25-17-45(67(7,8)9)35-55(57)63(59)65(51)71)52-24-28-60(64-56-36-46(68(10,11)12)18-26-58(56)72(62)66(52)64)70(48-21-15-40(2)16-22-48)50-33-43(5)30-44(6)34-50/h13-38H,1-12H3. The van der Waals surface area contributed by atoms with Gasteiger partial charge in [0.05, 0.1) is 44.5 Å². The van der Waals surface area contributed by atoms with Crippen LogP contribution in [-0.4, -0.2) is 8.80 Å². The molecule has 13 rings (SSSR count). The van der Waals surface area contributed by atoms with Gasteiger partial charge in [-0.2, -0.15) is 0 Å². The third kappa shape index (κ3) is 6.57. The van der Waals surface area contributed by atoms with E-state index in [1.54, 1.807) is 0 Å². The molecule has 0 spiro atoms. The maximum Gasteiger partial charge on any atom is 0.0641 e. The van der Waals surface area contributed by atoms with Crippen molar-refractivity contribution in [1.29, 1.82) is 0 Å². The van der Waals surface area contributed by atoms with Crippen LogP contribution in [0.2, 0.25) is 0 Å². The van der Waals surface area contributed by atoms with Gasteiger partial charge in [-0.3, -0.25) is 0 Å². The molecule has 0 radical (unpaired) electrons. The molecule has 0 aliphatic rings. The van der Waals surface area contributed by atoms with Gasteiger partial charge in [-0.05, 0) is 183 Å². The van der Waals surface area contributed by atoms with E-state index in [1.165, 1.54) is 143 Å². The number of rotatable bonds is 6. The Hall–Kier alpha value is -7.82. The van der Waals surface area contributed by atoms with Gasteiger partial charge >= 0.3 is 0 Å². The monoisotopic (exact) mass is 934 g/mol. The summed E-state index contributed by atoms with van der Waals surface area (Å²) < 4.78 is 5.18. The van der Waals surface area contributed by atoms with Crippen molar-refractivity contribution in [2.75, 3.05) is 9.80 Å². The Morgan fingerprint density at radius 3 is 1.00 bits per heavy atom. The number of anilines is 6. The van der Waals surface area contributed by atoms with Crippen LogP contribution in [0.5, 0.6) is 0 Å². The van der Waals surface area contributed by atoms with Gasteiger partial charge in [0, 0.05) is 65.8 Å². The topological polar surface area (TPSA) is 15.3 Å². The molecule has 4 heterocycles. The van der Waals surface area contributed by atoms with Crippen LogP contribution in [0.4, 0.5) is 34.1 Å². The summed E-state index contributed by atoms with van der Waals surface area (Å²) in [6.07, 6.45) is 0. The molecular weight excluding hydrogens is 873 g/mol. The molecule has 4 heteroatoms. The zero-order chi connectivity index (χ0) is 49.9. The maximum absolute atomic E-state index is 2.59. The van der Waals surface area contributed by atoms with Gasteiger partial charge < -0.3 is 18.6 Å². The first-order valence-corrected chi connectivity index (χ1v) is 25.7. The van der Waals surface area contributed by atoms with E-state index in [-0.39, 0.29) is 10.8 Å². The first-order chi connectivity index (χ1) is 34.4. The quantitative estimate of drug-likeness (QED) is 0.165. The number of benzene rings is 9. The van der Waals surface area contributed by atoms with Crippen LogP contribution < -0.4 is 9.80 Å². The van der Waals surface area contributed by atoms with Gasteiger partial charge in [-0.1, -0.05) is 113 Å². The predicted octanol–water partition coefficient (Wildman–Crippen LogP) is 19.4. The Morgan fingerprint density at radius 1 is 0.292 bits per heavy atom. The van der Waals surface area contributed by atoms with Crippen molar-refractivity contribution >= 4 is 110 Å². The minimum atomic E-state index is -0.0256. The fourth-order valence-corrected chi connectivity index (χ4v) is 12.3. The summed E-state index contributed by atoms with van der Waals surface area (Å²) >= 11 is 0. The smallest absolute Gasteiger partial charge is 0.0641 e. The van der Waals surface area contributed by atoms with Crippen LogP contribution in [0.1, 0.15) is 86.1 Å². The lowest BCUT2D eigenvalue weighted by molar-refractivity contribution is 0.591. The zero-order valence-corrected chi connectivity index (χ0v) is 43.8. The molecule has 0 unspecified atom stereocenters. The van der Waals surface area contributed by atoms with E-state index in [4.69, 9.17) is 0 Å². The number of nitrogens with zero attached hydrogens (tertiary/aromatic N) is 4. The summed E-state index contributed by atoms with van der Waals surface area (Å²) in [4.78, 5) is 4.99. The fourth-order valence-electron chi connectivity index (χ4n) is 12.3. The Bertz CT molecular complexity index is 4010. The average Bonchev–Trinajstić information content (AvgIpc) is 4.05. The lowest BCUT2D eigenvalue weighted by Crippen LogP contribution is -2.11. The van der Waals surface area contributed by atoms with E-state index < -0.39 is 0 Å². The van der Waals surface area contributed by atoms with Crippen LogP contribution in [0, 0.1) is 41.5 Å². The molecule has 0 atom stereocenters. The molecule has 0 fully saturated rings. The molecule has 0 aliphatic carbocycles. The number of hydrogen-bond donors (Lipinski definition) is 0. The van der Waals surface area contributed by atoms with Crippen LogP contribution in [0.25, 0.3) is 76.2 Å². The molecule has 0 saturated carbocycles. The molecular formula is C68H62N4. The number of aryl methyl sites for hydroxylation is 6. The second-order valence-electron chi connectivity index (χ2n) is 23.3. The second-order valence-corrected chi connectivity index (χ2v) is 23.3. The molecule has 13 aromatic rings. The number of aromatic nitrogens is 2. The fraction of sp³-hybridized carbons (Fsp3) is 0.206. The van der Waals surface area contributed by atoms with E-state index in [1.807, 2.05) is 0 Å². The highest BCUT2D eigenvalue weighted by atomic mass is 15.2. The lowest BCUT2D eigenvalue weighted by Gasteiger charge is -2.27. The van der Waals surface area contributed by atoms with Gasteiger partial charge in [0.1, 0.15) is 0 Å². The zero-order valence-electron chi connectivity index (χ0n) is 43.8. The van der Waals surface area contributed by atoms with Crippen molar-refractivity contribution < 1.29 is 0 Å². The summed E-state index contributed by atoms with van der Waals surface area (Å²) in [7, 11) is 0. The SMILES string of the molecule is Cc1ccc(N(c2cc(C)cc(C)c2)c2ccc3c4cc5c(cc4n4c6ccc(C(C)(C)C)cc6c2c34)c2ccc(N(c3ccc(C)cc3)c3cc(C)cc(C)c3)c3c4cc(C(C)(C)C)ccc4n5c23)cc1.